The van der Waals surface area contributed by atoms with Gasteiger partial charge in [0.25, 0.3) is 0 Å². The first kappa shape index (κ1) is 7.60. The van der Waals surface area contributed by atoms with Gasteiger partial charge in [0.2, 0.25) is 0 Å². The van der Waals surface area contributed by atoms with E-state index in [0.29, 0.717) is 0 Å². The fourth-order valence-corrected chi connectivity index (χ4v) is 3.06. The lowest BCUT2D eigenvalue weighted by molar-refractivity contribution is 0.117. The summed E-state index contributed by atoms with van der Waals surface area (Å²) in [5.74, 6) is 0.996. The summed E-state index contributed by atoms with van der Waals surface area (Å²) in [6.45, 7) is 6.00. The van der Waals surface area contributed by atoms with Crippen molar-refractivity contribution in [2.45, 2.75) is 51.6 Å². The first-order valence-electron chi connectivity index (χ1n) is 5.07. The number of hydrogen-bond acceptors (Lipinski definition) is 1. The smallest absolute Gasteiger partial charge is 0.0101 e. The van der Waals surface area contributed by atoms with Crippen LogP contribution in [0.2, 0.25) is 0 Å². The van der Waals surface area contributed by atoms with Crippen LogP contribution < -0.4 is 0 Å². The molecule has 64 valence electrons. The van der Waals surface area contributed by atoms with E-state index >= 15 is 0 Å². The zero-order valence-corrected chi connectivity index (χ0v) is 7.71. The van der Waals surface area contributed by atoms with E-state index in [0.717, 1.165) is 18.0 Å². The van der Waals surface area contributed by atoms with Gasteiger partial charge in [0.1, 0.15) is 0 Å². The Labute approximate surface area is 69.8 Å². The largest absolute Gasteiger partial charge is 0.298 e. The Bertz CT molecular complexity index is 130. The summed E-state index contributed by atoms with van der Waals surface area (Å²) < 4.78 is 0. The molecular weight excluding hydrogens is 134 g/mol. The van der Waals surface area contributed by atoms with E-state index in [9.17, 15) is 0 Å². The molecule has 0 radical (unpaired) electrons. The molecule has 1 nitrogen and oxygen atoms in total. The molecule has 2 rings (SSSR count). The second-order valence-corrected chi connectivity index (χ2v) is 4.29. The molecule has 2 saturated heterocycles. The SMILES string of the molecule is CCN1C2CC[C@H]1CC(C)C2. The van der Waals surface area contributed by atoms with Crippen molar-refractivity contribution in [2.24, 2.45) is 5.92 Å². The Morgan fingerprint density at radius 2 is 1.73 bits per heavy atom. The van der Waals surface area contributed by atoms with E-state index in [1.54, 1.807) is 0 Å². The molecule has 0 aromatic rings. The minimum atomic E-state index is 0.953. The van der Waals surface area contributed by atoms with E-state index < -0.39 is 0 Å². The highest BCUT2D eigenvalue weighted by molar-refractivity contribution is 4.93. The molecule has 2 unspecified atom stereocenters. The van der Waals surface area contributed by atoms with Crippen LogP contribution in [0.5, 0.6) is 0 Å². The van der Waals surface area contributed by atoms with Crippen molar-refractivity contribution in [3.63, 3.8) is 0 Å². The fraction of sp³-hybridized carbons (Fsp3) is 1.00. The number of piperidine rings is 1. The second kappa shape index (κ2) is 2.78. The molecule has 0 aliphatic carbocycles. The summed E-state index contributed by atoms with van der Waals surface area (Å²) in [7, 11) is 0. The van der Waals surface area contributed by atoms with Crippen molar-refractivity contribution in [1.82, 2.24) is 4.90 Å². The van der Waals surface area contributed by atoms with Crippen LogP contribution >= 0.6 is 0 Å². The Balaban J connectivity index is 2.06. The van der Waals surface area contributed by atoms with Crippen molar-refractivity contribution >= 4 is 0 Å². The molecule has 2 bridgehead atoms. The standard InChI is InChI=1S/C10H19N/c1-3-11-9-4-5-10(11)7-8(2)6-9/h8-10H,3-7H2,1-2H3/t8?,9-,10?/m0/s1. The number of hydrogen-bond donors (Lipinski definition) is 0. The van der Waals surface area contributed by atoms with E-state index in [1.807, 2.05) is 0 Å². The van der Waals surface area contributed by atoms with Crippen LogP contribution in [0.3, 0.4) is 0 Å². The lowest BCUT2D eigenvalue weighted by Crippen LogP contribution is -2.41. The van der Waals surface area contributed by atoms with Crippen molar-refractivity contribution in [1.29, 1.82) is 0 Å². The molecule has 0 saturated carbocycles. The maximum Gasteiger partial charge on any atom is 0.0101 e. The van der Waals surface area contributed by atoms with Gasteiger partial charge in [-0.05, 0) is 38.1 Å². The van der Waals surface area contributed by atoms with Crippen molar-refractivity contribution in [3.05, 3.63) is 0 Å². The monoisotopic (exact) mass is 153 g/mol. The van der Waals surface area contributed by atoms with Gasteiger partial charge in [-0.2, -0.15) is 0 Å². The van der Waals surface area contributed by atoms with E-state index in [4.69, 9.17) is 0 Å². The summed E-state index contributed by atoms with van der Waals surface area (Å²) in [5, 5.41) is 0. The Hall–Kier alpha value is -0.0400. The minimum Gasteiger partial charge on any atom is -0.298 e. The van der Waals surface area contributed by atoms with Crippen LogP contribution in [0.4, 0.5) is 0 Å². The Morgan fingerprint density at radius 3 is 2.18 bits per heavy atom. The molecule has 1 heteroatoms. The van der Waals surface area contributed by atoms with Gasteiger partial charge in [0.15, 0.2) is 0 Å². The first-order valence-corrected chi connectivity index (χ1v) is 5.07. The zero-order valence-electron chi connectivity index (χ0n) is 7.71. The molecule has 0 N–H and O–H groups in total. The third kappa shape index (κ3) is 1.20. The van der Waals surface area contributed by atoms with Crippen LogP contribution in [-0.4, -0.2) is 23.5 Å². The third-order valence-electron chi connectivity index (χ3n) is 3.49. The molecule has 0 spiro atoms. The van der Waals surface area contributed by atoms with Gasteiger partial charge in [0.05, 0.1) is 0 Å². The van der Waals surface area contributed by atoms with Gasteiger partial charge in [-0.15, -0.1) is 0 Å². The van der Waals surface area contributed by atoms with Crippen LogP contribution in [0.15, 0.2) is 0 Å². The summed E-state index contributed by atoms with van der Waals surface area (Å²) in [6.07, 6.45) is 5.88. The van der Waals surface area contributed by atoms with E-state index in [-0.39, 0.29) is 0 Å². The van der Waals surface area contributed by atoms with Gasteiger partial charge in [-0.3, -0.25) is 4.90 Å². The fourth-order valence-electron chi connectivity index (χ4n) is 3.06. The van der Waals surface area contributed by atoms with Crippen molar-refractivity contribution in [3.8, 4) is 0 Å². The molecule has 2 aliphatic heterocycles. The van der Waals surface area contributed by atoms with Gasteiger partial charge < -0.3 is 0 Å². The molecule has 11 heavy (non-hydrogen) atoms. The van der Waals surface area contributed by atoms with Gasteiger partial charge in [-0.25, -0.2) is 0 Å². The first-order chi connectivity index (χ1) is 5.31. The van der Waals surface area contributed by atoms with Gasteiger partial charge in [0, 0.05) is 12.1 Å². The maximum absolute atomic E-state index is 2.72. The number of fused-ring (bicyclic) bond motifs is 2. The van der Waals surface area contributed by atoms with Gasteiger partial charge >= 0.3 is 0 Å². The highest BCUT2D eigenvalue weighted by Gasteiger charge is 2.37. The highest BCUT2D eigenvalue weighted by Crippen LogP contribution is 2.37. The third-order valence-corrected chi connectivity index (χ3v) is 3.49. The number of nitrogens with zero attached hydrogens (tertiary/aromatic N) is 1. The van der Waals surface area contributed by atoms with Crippen LogP contribution in [0, 0.1) is 5.92 Å². The highest BCUT2D eigenvalue weighted by atomic mass is 15.2. The van der Waals surface area contributed by atoms with Crippen LogP contribution in [0.1, 0.15) is 39.5 Å². The molecule has 0 amide bonds. The van der Waals surface area contributed by atoms with Crippen LogP contribution in [0.25, 0.3) is 0 Å². The lowest BCUT2D eigenvalue weighted by atomic mass is 9.92. The summed E-state index contributed by atoms with van der Waals surface area (Å²) >= 11 is 0. The molecule has 0 aromatic heterocycles. The predicted octanol–water partition coefficient (Wildman–Crippen LogP) is 2.27. The number of rotatable bonds is 1. The predicted molar refractivity (Wildman–Crippen MR) is 47.6 cm³/mol. The van der Waals surface area contributed by atoms with E-state index in [1.165, 1.54) is 32.2 Å². The topological polar surface area (TPSA) is 3.24 Å². The average molecular weight is 153 g/mol. The molecular formula is C10H19N. The molecule has 2 aliphatic rings. The van der Waals surface area contributed by atoms with Crippen molar-refractivity contribution < 1.29 is 0 Å². The molecule has 0 aromatic carbocycles. The molecule has 2 heterocycles. The molecule has 3 atom stereocenters. The van der Waals surface area contributed by atoms with Gasteiger partial charge in [-0.1, -0.05) is 13.8 Å². The normalized spacial score (nSPS) is 44.7. The summed E-state index contributed by atoms with van der Waals surface area (Å²) in [4.78, 5) is 2.72. The van der Waals surface area contributed by atoms with Crippen LogP contribution in [-0.2, 0) is 0 Å². The lowest BCUT2D eigenvalue weighted by Gasteiger charge is -2.36. The quantitative estimate of drug-likeness (QED) is 0.558. The Kier molecular flexibility index (Phi) is 1.92. The second-order valence-electron chi connectivity index (χ2n) is 4.29. The maximum atomic E-state index is 2.72. The minimum absolute atomic E-state index is 0.953. The Morgan fingerprint density at radius 1 is 1.18 bits per heavy atom. The van der Waals surface area contributed by atoms with E-state index in [2.05, 4.69) is 18.7 Å². The summed E-state index contributed by atoms with van der Waals surface area (Å²) in [6, 6.07) is 1.91. The van der Waals surface area contributed by atoms with Crippen molar-refractivity contribution in [2.75, 3.05) is 6.54 Å². The summed E-state index contributed by atoms with van der Waals surface area (Å²) in [5.41, 5.74) is 0. The average Bonchev–Trinajstić information content (AvgIpc) is 2.23. The zero-order chi connectivity index (χ0) is 7.84. The molecule has 2 fully saturated rings.